The Bertz CT molecular complexity index is 825. The fourth-order valence-electron chi connectivity index (χ4n) is 2.38. The minimum Gasteiger partial charge on any atom is -0.231 e. The zero-order valence-electron chi connectivity index (χ0n) is 11.3. The molecule has 110 valence electrons. The number of anilines is 2. The molecule has 0 aliphatic carbocycles. The van der Waals surface area contributed by atoms with Crippen LogP contribution in [0.5, 0.6) is 0 Å². The summed E-state index contributed by atoms with van der Waals surface area (Å²) in [6, 6.07) is 9.03. The number of thioether (sulfide) groups is 1. The number of sulfonamides is 1. The Morgan fingerprint density at radius 1 is 1.24 bits per heavy atom. The van der Waals surface area contributed by atoms with Gasteiger partial charge in [0.25, 0.3) is 10.0 Å². The molecule has 0 N–H and O–H groups in total. The second-order valence-electron chi connectivity index (χ2n) is 4.49. The lowest BCUT2D eigenvalue weighted by molar-refractivity contribution is 0.604. The lowest BCUT2D eigenvalue weighted by atomic mass is 10.1. The van der Waals surface area contributed by atoms with E-state index in [9.17, 15) is 8.42 Å². The van der Waals surface area contributed by atoms with Crippen LogP contribution in [0, 0.1) is 0 Å². The Balaban J connectivity index is 2.37. The molecular formula is C14H12ClNO2S3. The lowest BCUT2D eigenvalue weighted by Gasteiger charge is -2.30. The molecule has 1 aliphatic heterocycles. The van der Waals surface area contributed by atoms with Crippen LogP contribution in [0.3, 0.4) is 0 Å². The largest absolute Gasteiger partial charge is 0.275 e. The SMILES string of the molecule is CSC1=C(C)c2csc(Cl)c2N(c2ccccc2)S1(=O)=O. The maximum absolute atomic E-state index is 13.0. The molecule has 0 saturated heterocycles. The van der Waals surface area contributed by atoms with E-state index < -0.39 is 10.0 Å². The molecule has 0 spiro atoms. The van der Waals surface area contributed by atoms with Gasteiger partial charge in [0.2, 0.25) is 0 Å². The van der Waals surface area contributed by atoms with Crippen molar-refractivity contribution in [2.24, 2.45) is 0 Å². The van der Waals surface area contributed by atoms with Crippen molar-refractivity contribution >= 4 is 61.7 Å². The number of hydrogen-bond acceptors (Lipinski definition) is 4. The van der Waals surface area contributed by atoms with Crippen LogP contribution in [0.25, 0.3) is 5.57 Å². The number of para-hydroxylation sites is 1. The minimum absolute atomic E-state index is 0.369. The quantitative estimate of drug-likeness (QED) is 0.764. The molecule has 1 aliphatic rings. The molecule has 7 heteroatoms. The Morgan fingerprint density at radius 2 is 1.90 bits per heavy atom. The summed E-state index contributed by atoms with van der Waals surface area (Å²) in [5, 5.41) is 1.91. The van der Waals surface area contributed by atoms with Crippen LogP contribution < -0.4 is 4.31 Å². The van der Waals surface area contributed by atoms with Gasteiger partial charge in [-0.25, -0.2) is 12.7 Å². The van der Waals surface area contributed by atoms with Crippen molar-refractivity contribution in [2.75, 3.05) is 10.6 Å². The van der Waals surface area contributed by atoms with Crippen LogP contribution >= 0.6 is 34.7 Å². The topological polar surface area (TPSA) is 37.4 Å². The van der Waals surface area contributed by atoms with E-state index in [1.807, 2.05) is 30.5 Å². The van der Waals surface area contributed by atoms with E-state index in [0.717, 1.165) is 11.1 Å². The summed E-state index contributed by atoms with van der Waals surface area (Å²) >= 11 is 8.86. The fraction of sp³-hybridized carbons (Fsp3) is 0.143. The average Bonchev–Trinajstić information content (AvgIpc) is 2.82. The van der Waals surface area contributed by atoms with Gasteiger partial charge in [0, 0.05) is 10.9 Å². The molecule has 0 fully saturated rings. The first-order chi connectivity index (χ1) is 9.98. The number of hydrogen-bond donors (Lipinski definition) is 0. The Hall–Kier alpha value is -0.950. The predicted molar refractivity (Wildman–Crippen MR) is 92.9 cm³/mol. The third-order valence-electron chi connectivity index (χ3n) is 3.29. The number of fused-ring (bicyclic) bond motifs is 1. The van der Waals surface area contributed by atoms with Crippen molar-refractivity contribution in [1.29, 1.82) is 0 Å². The highest BCUT2D eigenvalue weighted by Gasteiger charge is 2.38. The van der Waals surface area contributed by atoms with E-state index in [4.69, 9.17) is 11.6 Å². The number of benzene rings is 1. The molecule has 0 unspecified atom stereocenters. The molecule has 0 bridgehead atoms. The second kappa shape index (κ2) is 5.35. The predicted octanol–water partition coefficient (Wildman–Crippen LogP) is 4.93. The Morgan fingerprint density at radius 3 is 2.52 bits per heavy atom. The van der Waals surface area contributed by atoms with Gasteiger partial charge in [-0.3, -0.25) is 0 Å². The van der Waals surface area contributed by atoms with Crippen molar-refractivity contribution in [3.63, 3.8) is 0 Å². The van der Waals surface area contributed by atoms with Gasteiger partial charge in [-0.15, -0.1) is 23.1 Å². The van der Waals surface area contributed by atoms with Crippen LogP contribution in [0.4, 0.5) is 11.4 Å². The number of halogens is 1. The van der Waals surface area contributed by atoms with Gasteiger partial charge < -0.3 is 0 Å². The summed E-state index contributed by atoms with van der Waals surface area (Å²) in [7, 11) is -3.62. The molecule has 0 amide bonds. The van der Waals surface area contributed by atoms with Gasteiger partial charge in [-0.2, -0.15) is 0 Å². The van der Waals surface area contributed by atoms with E-state index >= 15 is 0 Å². The van der Waals surface area contributed by atoms with Crippen LogP contribution in [0.2, 0.25) is 4.34 Å². The number of thiophene rings is 1. The average molecular weight is 358 g/mol. The van der Waals surface area contributed by atoms with Crippen molar-refractivity contribution in [3.8, 4) is 0 Å². The fourth-order valence-corrected chi connectivity index (χ4v) is 6.60. The molecule has 3 rings (SSSR count). The summed E-state index contributed by atoms with van der Waals surface area (Å²) in [6.07, 6.45) is 1.78. The molecule has 0 saturated carbocycles. The lowest BCUT2D eigenvalue weighted by Crippen LogP contribution is -2.30. The first kappa shape index (κ1) is 15.0. The highest BCUT2D eigenvalue weighted by molar-refractivity contribution is 8.19. The normalized spacial score (nSPS) is 17.0. The highest BCUT2D eigenvalue weighted by Crippen LogP contribution is 2.51. The third kappa shape index (κ3) is 2.21. The number of rotatable bonds is 2. The van der Waals surface area contributed by atoms with Crippen LogP contribution in [0.15, 0.2) is 39.9 Å². The van der Waals surface area contributed by atoms with Gasteiger partial charge >= 0.3 is 0 Å². The van der Waals surface area contributed by atoms with Crippen LogP contribution in [-0.4, -0.2) is 14.7 Å². The van der Waals surface area contributed by atoms with E-state index in [1.165, 1.54) is 27.4 Å². The summed E-state index contributed by atoms with van der Waals surface area (Å²) in [6.45, 7) is 1.83. The zero-order valence-corrected chi connectivity index (χ0v) is 14.5. The molecule has 3 nitrogen and oxygen atoms in total. The second-order valence-corrected chi connectivity index (χ2v) is 8.77. The molecule has 21 heavy (non-hydrogen) atoms. The highest BCUT2D eigenvalue weighted by atomic mass is 35.5. The minimum atomic E-state index is -3.62. The van der Waals surface area contributed by atoms with Gasteiger partial charge in [0.15, 0.2) is 0 Å². The molecule has 0 radical (unpaired) electrons. The maximum Gasteiger partial charge on any atom is 0.275 e. The summed E-state index contributed by atoms with van der Waals surface area (Å²) < 4.78 is 28.1. The first-order valence-electron chi connectivity index (χ1n) is 6.11. The molecule has 1 aromatic heterocycles. The number of nitrogens with zero attached hydrogens (tertiary/aromatic N) is 1. The van der Waals surface area contributed by atoms with Crippen LogP contribution in [0.1, 0.15) is 12.5 Å². The van der Waals surface area contributed by atoms with Crippen molar-refractivity contribution in [3.05, 3.63) is 49.8 Å². The van der Waals surface area contributed by atoms with E-state index in [0.29, 0.717) is 19.9 Å². The standard InChI is InChI=1S/C14H12ClNO2S3/c1-9-11-8-20-13(15)12(11)16(10-6-4-3-5-7-10)21(17,18)14(9)19-2/h3-8H,1-2H3. The summed E-state index contributed by atoms with van der Waals surface area (Å²) in [5.41, 5.74) is 2.79. The van der Waals surface area contributed by atoms with Gasteiger partial charge in [-0.05, 0) is 30.9 Å². The Labute approximate surface area is 137 Å². The summed E-state index contributed by atoms with van der Waals surface area (Å²) in [4.78, 5) is 0. The molecule has 2 heterocycles. The van der Waals surface area contributed by atoms with E-state index in [-0.39, 0.29) is 0 Å². The number of allylic oxidation sites excluding steroid dienone is 1. The smallest absolute Gasteiger partial charge is 0.231 e. The van der Waals surface area contributed by atoms with Gasteiger partial charge in [0.05, 0.1) is 11.4 Å². The van der Waals surface area contributed by atoms with Crippen molar-refractivity contribution in [1.82, 2.24) is 0 Å². The molecule has 2 aromatic rings. The molecule has 1 aromatic carbocycles. The van der Waals surface area contributed by atoms with Crippen molar-refractivity contribution in [2.45, 2.75) is 6.92 Å². The van der Waals surface area contributed by atoms with Gasteiger partial charge in [0.1, 0.15) is 8.57 Å². The Kier molecular flexibility index (Phi) is 3.81. The van der Waals surface area contributed by atoms with Gasteiger partial charge in [-0.1, -0.05) is 29.8 Å². The maximum atomic E-state index is 13.0. The van der Waals surface area contributed by atoms with Crippen molar-refractivity contribution < 1.29 is 8.42 Å². The zero-order chi connectivity index (χ0) is 15.2. The molecule has 0 atom stereocenters. The first-order valence-corrected chi connectivity index (χ1v) is 10.0. The van der Waals surface area contributed by atoms with E-state index in [1.54, 1.807) is 18.4 Å². The summed E-state index contributed by atoms with van der Waals surface area (Å²) in [5.74, 6) is 0. The molecular weight excluding hydrogens is 346 g/mol. The van der Waals surface area contributed by atoms with E-state index in [2.05, 4.69) is 0 Å². The monoisotopic (exact) mass is 357 g/mol. The van der Waals surface area contributed by atoms with Crippen LogP contribution in [-0.2, 0) is 10.0 Å². The third-order valence-corrected chi connectivity index (χ3v) is 7.94.